The molecule has 0 aromatic heterocycles. The number of carbonyl (C=O) groups excluding carboxylic acids is 1. The van der Waals surface area contributed by atoms with Gasteiger partial charge in [0.05, 0.1) is 18.9 Å². The number of aryl methyl sites for hydroxylation is 1. The molecule has 1 aliphatic rings. The Kier molecular flexibility index (Phi) is 3.86. The maximum absolute atomic E-state index is 12.7. The lowest BCUT2D eigenvalue weighted by molar-refractivity contribution is 0.0970. The van der Waals surface area contributed by atoms with E-state index in [1.807, 2.05) is 43.3 Å². The second-order valence-electron chi connectivity index (χ2n) is 5.55. The van der Waals surface area contributed by atoms with E-state index in [0.29, 0.717) is 24.3 Å². The number of nitrogens with zero attached hydrogens (tertiary/aromatic N) is 1. The summed E-state index contributed by atoms with van der Waals surface area (Å²) in [7, 11) is 1.59. The van der Waals surface area contributed by atoms with Gasteiger partial charge in [-0.2, -0.15) is 0 Å². The monoisotopic (exact) mass is 297 g/mol. The highest BCUT2D eigenvalue weighted by atomic mass is 16.5. The van der Waals surface area contributed by atoms with E-state index in [1.165, 1.54) is 0 Å². The topological polar surface area (TPSA) is 49.8 Å². The minimum absolute atomic E-state index is 0.0432. The zero-order valence-corrected chi connectivity index (χ0v) is 12.7. The summed E-state index contributed by atoms with van der Waals surface area (Å²) in [4.78, 5) is 14.5. The Labute approximate surface area is 130 Å². The summed E-state index contributed by atoms with van der Waals surface area (Å²) in [5, 5.41) is 10.2. The summed E-state index contributed by atoms with van der Waals surface area (Å²) < 4.78 is 5.21. The van der Waals surface area contributed by atoms with E-state index in [4.69, 9.17) is 4.74 Å². The van der Waals surface area contributed by atoms with Gasteiger partial charge in [0.15, 0.2) is 0 Å². The molecule has 2 aromatic rings. The molecule has 0 fully saturated rings. The summed E-state index contributed by atoms with van der Waals surface area (Å²) in [6.07, 6.45) is -0.0372. The molecule has 1 heterocycles. The molecule has 22 heavy (non-hydrogen) atoms. The molecule has 0 aliphatic carbocycles. The van der Waals surface area contributed by atoms with Crippen LogP contribution in [-0.2, 0) is 0 Å². The molecule has 0 saturated carbocycles. The SMILES string of the molecule is COc1ccc2c(c1)C(O)CCN2C(=O)c1ccc(C)cc1. The first-order valence-electron chi connectivity index (χ1n) is 7.34. The van der Waals surface area contributed by atoms with E-state index in [1.54, 1.807) is 18.1 Å². The van der Waals surface area contributed by atoms with E-state index >= 15 is 0 Å². The Bertz CT molecular complexity index is 694. The summed E-state index contributed by atoms with van der Waals surface area (Å²) in [6, 6.07) is 13.0. The van der Waals surface area contributed by atoms with Crippen LogP contribution < -0.4 is 9.64 Å². The second-order valence-corrected chi connectivity index (χ2v) is 5.55. The van der Waals surface area contributed by atoms with Crippen LogP contribution in [-0.4, -0.2) is 24.7 Å². The number of hydrogen-bond donors (Lipinski definition) is 1. The predicted octanol–water partition coefficient (Wildman–Crippen LogP) is 3.09. The Morgan fingerprint density at radius 3 is 2.64 bits per heavy atom. The van der Waals surface area contributed by atoms with Crippen LogP contribution >= 0.6 is 0 Å². The molecule has 0 spiro atoms. The summed E-state index contributed by atoms with van der Waals surface area (Å²) in [6.45, 7) is 2.50. The highest BCUT2D eigenvalue weighted by molar-refractivity contribution is 6.06. The average molecular weight is 297 g/mol. The van der Waals surface area contributed by atoms with Gasteiger partial charge in [-0.05, 0) is 43.7 Å². The van der Waals surface area contributed by atoms with Crippen molar-refractivity contribution in [3.05, 3.63) is 59.2 Å². The summed E-state index contributed by atoms with van der Waals surface area (Å²) >= 11 is 0. The van der Waals surface area contributed by atoms with Crippen LogP contribution in [0.4, 0.5) is 5.69 Å². The Morgan fingerprint density at radius 2 is 1.95 bits per heavy atom. The zero-order valence-electron chi connectivity index (χ0n) is 12.7. The van der Waals surface area contributed by atoms with Gasteiger partial charge in [0.1, 0.15) is 5.75 Å². The van der Waals surface area contributed by atoms with Crippen molar-refractivity contribution in [3.63, 3.8) is 0 Å². The lowest BCUT2D eigenvalue weighted by Gasteiger charge is -2.32. The van der Waals surface area contributed by atoms with Crippen molar-refractivity contribution in [2.75, 3.05) is 18.6 Å². The predicted molar refractivity (Wildman–Crippen MR) is 85.4 cm³/mol. The van der Waals surface area contributed by atoms with Gasteiger partial charge in [0, 0.05) is 17.7 Å². The first-order chi connectivity index (χ1) is 10.6. The van der Waals surface area contributed by atoms with E-state index in [-0.39, 0.29) is 5.91 Å². The van der Waals surface area contributed by atoms with Crippen molar-refractivity contribution in [2.45, 2.75) is 19.4 Å². The van der Waals surface area contributed by atoms with Gasteiger partial charge in [-0.15, -0.1) is 0 Å². The van der Waals surface area contributed by atoms with E-state index < -0.39 is 6.10 Å². The zero-order chi connectivity index (χ0) is 15.7. The van der Waals surface area contributed by atoms with Crippen molar-refractivity contribution in [3.8, 4) is 5.75 Å². The molecule has 1 unspecified atom stereocenters. The molecule has 1 N–H and O–H groups in total. The standard InChI is InChI=1S/C18H19NO3/c1-12-3-5-13(6-4-12)18(21)19-10-9-17(20)15-11-14(22-2)7-8-16(15)19/h3-8,11,17,20H,9-10H2,1-2H3. The van der Waals surface area contributed by atoms with Gasteiger partial charge >= 0.3 is 0 Å². The van der Waals surface area contributed by atoms with Gasteiger partial charge < -0.3 is 14.7 Å². The van der Waals surface area contributed by atoms with Gasteiger partial charge in [-0.25, -0.2) is 0 Å². The normalized spacial score (nSPS) is 17.0. The van der Waals surface area contributed by atoms with Crippen LogP contribution in [0.3, 0.4) is 0 Å². The van der Waals surface area contributed by atoms with Crippen molar-refractivity contribution in [1.29, 1.82) is 0 Å². The maximum Gasteiger partial charge on any atom is 0.258 e. The van der Waals surface area contributed by atoms with Crippen LogP contribution in [0.2, 0.25) is 0 Å². The maximum atomic E-state index is 12.7. The number of amides is 1. The molecule has 2 aromatic carbocycles. The number of anilines is 1. The van der Waals surface area contributed by atoms with Crippen LogP contribution in [0.15, 0.2) is 42.5 Å². The molecule has 114 valence electrons. The fraction of sp³-hybridized carbons (Fsp3) is 0.278. The Balaban J connectivity index is 1.98. The van der Waals surface area contributed by atoms with Crippen molar-refractivity contribution in [2.24, 2.45) is 0 Å². The molecule has 3 rings (SSSR count). The number of rotatable bonds is 2. The fourth-order valence-corrected chi connectivity index (χ4v) is 2.76. The molecule has 4 heteroatoms. The number of methoxy groups -OCH3 is 1. The molecule has 1 aliphatic heterocycles. The number of carbonyl (C=O) groups is 1. The number of benzene rings is 2. The molecular weight excluding hydrogens is 278 g/mol. The lowest BCUT2D eigenvalue weighted by Crippen LogP contribution is -2.36. The summed E-state index contributed by atoms with van der Waals surface area (Å²) in [5.74, 6) is 0.640. The number of aliphatic hydroxyl groups excluding tert-OH is 1. The van der Waals surface area contributed by atoms with Gasteiger partial charge in [-0.3, -0.25) is 4.79 Å². The smallest absolute Gasteiger partial charge is 0.258 e. The molecular formula is C18H19NO3. The van der Waals surface area contributed by atoms with Crippen LogP contribution in [0.1, 0.15) is 34.0 Å². The molecule has 1 atom stereocenters. The highest BCUT2D eigenvalue weighted by Crippen LogP contribution is 2.36. The third kappa shape index (κ3) is 2.57. The van der Waals surface area contributed by atoms with E-state index in [9.17, 15) is 9.90 Å². The third-order valence-corrected chi connectivity index (χ3v) is 4.05. The van der Waals surface area contributed by atoms with Crippen molar-refractivity contribution < 1.29 is 14.6 Å². The minimum atomic E-state index is -0.563. The number of hydrogen-bond acceptors (Lipinski definition) is 3. The van der Waals surface area contributed by atoms with Crippen molar-refractivity contribution in [1.82, 2.24) is 0 Å². The second kappa shape index (κ2) is 5.81. The van der Waals surface area contributed by atoms with Gasteiger partial charge in [0.25, 0.3) is 5.91 Å². The molecule has 0 saturated heterocycles. The van der Waals surface area contributed by atoms with Crippen LogP contribution in [0, 0.1) is 6.92 Å². The van der Waals surface area contributed by atoms with Crippen molar-refractivity contribution >= 4 is 11.6 Å². The number of aliphatic hydroxyl groups is 1. The van der Waals surface area contributed by atoms with Gasteiger partial charge in [-0.1, -0.05) is 17.7 Å². The van der Waals surface area contributed by atoms with Crippen LogP contribution in [0.5, 0.6) is 5.75 Å². The Hall–Kier alpha value is -2.33. The summed E-state index contributed by atoms with van der Waals surface area (Å²) in [5.41, 5.74) is 3.27. The van der Waals surface area contributed by atoms with E-state index in [0.717, 1.165) is 16.8 Å². The molecule has 4 nitrogen and oxygen atoms in total. The molecule has 1 amide bonds. The lowest BCUT2D eigenvalue weighted by atomic mass is 9.97. The number of ether oxygens (including phenoxy) is 1. The first kappa shape index (κ1) is 14.6. The Morgan fingerprint density at radius 1 is 1.23 bits per heavy atom. The van der Waals surface area contributed by atoms with Crippen LogP contribution in [0.25, 0.3) is 0 Å². The molecule has 0 bridgehead atoms. The quantitative estimate of drug-likeness (QED) is 0.926. The highest BCUT2D eigenvalue weighted by Gasteiger charge is 2.28. The minimum Gasteiger partial charge on any atom is -0.497 e. The molecule has 0 radical (unpaired) electrons. The number of fused-ring (bicyclic) bond motifs is 1. The third-order valence-electron chi connectivity index (χ3n) is 4.05. The fourth-order valence-electron chi connectivity index (χ4n) is 2.76. The van der Waals surface area contributed by atoms with E-state index in [2.05, 4.69) is 0 Å². The first-order valence-corrected chi connectivity index (χ1v) is 7.34. The van der Waals surface area contributed by atoms with Gasteiger partial charge in [0.2, 0.25) is 0 Å². The average Bonchev–Trinajstić information content (AvgIpc) is 2.55. The largest absolute Gasteiger partial charge is 0.497 e.